The summed E-state index contributed by atoms with van der Waals surface area (Å²) in [5.41, 5.74) is 12.8. The van der Waals surface area contributed by atoms with Gasteiger partial charge in [-0.25, -0.2) is 0 Å². The first kappa shape index (κ1) is 35.3. The third kappa shape index (κ3) is 8.29. The van der Waals surface area contributed by atoms with Gasteiger partial charge in [-0.2, -0.15) is 58.7 Å². The Bertz CT molecular complexity index is 1780. The molecule has 0 saturated heterocycles. The van der Waals surface area contributed by atoms with E-state index in [9.17, 15) is 0 Å². The van der Waals surface area contributed by atoms with E-state index in [1.807, 2.05) is 53.6 Å². The molecule has 0 fully saturated rings. The molecule has 0 aliphatic rings. The first-order chi connectivity index (χ1) is 20.9. The van der Waals surface area contributed by atoms with Crippen LogP contribution in [0.3, 0.4) is 0 Å². The molecule has 0 unspecified atom stereocenters. The monoisotopic (exact) mass is 778 g/mol. The van der Waals surface area contributed by atoms with E-state index in [0.717, 1.165) is 17.1 Å². The van der Waals surface area contributed by atoms with Crippen molar-refractivity contribution in [1.29, 1.82) is 0 Å². The Morgan fingerprint density at radius 2 is 1.20 bits per heavy atom. The van der Waals surface area contributed by atoms with Crippen molar-refractivity contribution < 1.29 is 29.2 Å². The predicted molar refractivity (Wildman–Crippen MR) is 170 cm³/mol. The normalized spacial score (nSPS) is 10.4. The van der Waals surface area contributed by atoms with Crippen LogP contribution in [-0.4, -0.2) is 24.2 Å². The summed E-state index contributed by atoms with van der Waals surface area (Å²) in [6.07, 6.45) is 8.29. The number of hydrogen-bond acceptors (Lipinski definition) is 3. The van der Waals surface area contributed by atoms with Crippen LogP contribution in [0.1, 0.15) is 50.9 Å². The molecular formula is C36H41IrN8-3. The summed E-state index contributed by atoms with van der Waals surface area (Å²) in [5.74, 6) is 1.27. The Labute approximate surface area is 281 Å². The molecule has 6 aromatic rings. The Balaban J connectivity index is 0.000000184. The quantitative estimate of drug-likeness (QED) is 0.186. The van der Waals surface area contributed by atoms with Gasteiger partial charge in [0.05, 0.1) is 19.8 Å². The molecule has 0 bridgehead atoms. The van der Waals surface area contributed by atoms with Crippen LogP contribution >= 0.6 is 0 Å². The fourth-order valence-electron chi connectivity index (χ4n) is 4.74. The van der Waals surface area contributed by atoms with Gasteiger partial charge in [0.1, 0.15) is 0 Å². The van der Waals surface area contributed by atoms with Gasteiger partial charge in [-0.05, 0) is 52.6 Å². The van der Waals surface area contributed by atoms with E-state index < -0.39 is 0 Å². The summed E-state index contributed by atoms with van der Waals surface area (Å²) in [6.45, 7) is 18.6. The second kappa shape index (κ2) is 15.2. The summed E-state index contributed by atoms with van der Waals surface area (Å²) in [5, 5.41) is 7.65. The molecule has 0 N–H and O–H groups in total. The largest absolute Gasteiger partial charge is 0.421 e. The standard InChI is InChI=1S/2C14H17N2.C8H7N4.Ir/c2*1-10-6-7-14(11(2)8-10)16-9-15(5)12(3)13(16)4;1-6-10-8(12-11-6)7-4-2-3-5-9-7;/h2*6,8H,1-5H3;2-5H,1H3;/q3*-1;. The topological polar surface area (TPSA) is 70.4 Å². The predicted octanol–water partition coefficient (Wildman–Crippen LogP) is 5.07. The number of imidazole rings is 2. The Morgan fingerprint density at radius 3 is 1.53 bits per heavy atom. The molecule has 4 aromatic heterocycles. The molecule has 2 aromatic carbocycles. The van der Waals surface area contributed by atoms with Crippen LogP contribution in [0.4, 0.5) is 0 Å². The molecule has 0 spiro atoms. The van der Waals surface area contributed by atoms with Crippen molar-refractivity contribution >= 4 is 0 Å². The van der Waals surface area contributed by atoms with E-state index in [2.05, 4.69) is 122 Å². The first-order valence-electron chi connectivity index (χ1n) is 14.6. The molecule has 45 heavy (non-hydrogen) atoms. The molecule has 0 aliphatic heterocycles. The van der Waals surface area contributed by atoms with Gasteiger partial charge < -0.3 is 28.4 Å². The van der Waals surface area contributed by atoms with Crippen molar-refractivity contribution in [2.24, 2.45) is 14.1 Å². The van der Waals surface area contributed by atoms with Crippen LogP contribution in [0.5, 0.6) is 0 Å². The molecular weight excluding hydrogens is 737 g/mol. The number of nitrogens with zero attached hydrogens (tertiary/aromatic N) is 8. The van der Waals surface area contributed by atoms with Gasteiger partial charge in [-0.3, -0.25) is 10.1 Å². The van der Waals surface area contributed by atoms with Gasteiger partial charge >= 0.3 is 0 Å². The number of aryl methyl sites for hydroxylation is 7. The molecule has 237 valence electrons. The number of hydrogen-bond donors (Lipinski definition) is 0. The molecule has 0 aliphatic carbocycles. The van der Waals surface area contributed by atoms with E-state index in [1.54, 1.807) is 13.1 Å². The minimum absolute atomic E-state index is 0. The van der Waals surface area contributed by atoms with Crippen LogP contribution in [0.2, 0.25) is 0 Å². The number of aromatic nitrogens is 8. The number of pyridine rings is 1. The zero-order valence-corrected chi connectivity index (χ0v) is 30.4. The van der Waals surface area contributed by atoms with E-state index in [4.69, 9.17) is 0 Å². The van der Waals surface area contributed by atoms with Gasteiger partial charge in [-0.15, -0.1) is 0 Å². The molecule has 8 nitrogen and oxygen atoms in total. The number of benzene rings is 2. The minimum atomic E-state index is 0. The van der Waals surface area contributed by atoms with E-state index in [-0.39, 0.29) is 20.1 Å². The Morgan fingerprint density at radius 1 is 0.711 bits per heavy atom. The molecule has 0 atom stereocenters. The molecule has 4 heterocycles. The smallest absolute Gasteiger partial charge is 0.241 e. The summed E-state index contributed by atoms with van der Waals surface area (Å²) in [4.78, 5) is 8.19. The Kier molecular flexibility index (Phi) is 11.9. The van der Waals surface area contributed by atoms with Crippen molar-refractivity contribution in [3.8, 4) is 22.9 Å². The number of rotatable bonds is 3. The summed E-state index contributed by atoms with van der Waals surface area (Å²) in [6, 6.07) is 20.6. The maximum absolute atomic E-state index is 4.10. The molecule has 1 radical (unpaired) electrons. The molecule has 9 heteroatoms. The maximum Gasteiger partial charge on any atom is 0.241 e. The zero-order valence-electron chi connectivity index (χ0n) is 28.0. The van der Waals surface area contributed by atoms with Crippen LogP contribution in [0.15, 0.2) is 48.7 Å². The third-order valence-electron chi connectivity index (χ3n) is 7.63. The van der Waals surface area contributed by atoms with Gasteiger partial charge in [-0.1, -0.05) is 45.1 Å². The van der Waals surface area contributed by atoms with Gasteiger partial charge in [0.2, 0.25) is 12.7 Å². The summed E-state index contributed by atoms with van der Waals surface area (Å²) < 4.78 is 8.18. The minimum Gasteiger partial charge on any atom is -0.421 e. The average Bonchev–Trinajstić information content (AvgIpc) is 3.62. The molecule has 0 amide bonds. The van der Waals surface area contributed by atoms with Crippen LogP contribution in [-0.2, 0) is 34.2 Å². The van der Waals surface area contributed by atoms with Crippen LogP contribution < -0.4 is 14.2 Å². The molecule has 0 saturated carbocycles. The molecule has 6 rings (SSSR count). The van der Waals surface area contributed by atoms with E-state index >= 15 is 0 Å². The van der Waals surface area contributed by atoms with Crippen molar-refractivity contribution in [3.63, 3.8) is 0 Å². The van der Waals surface area contributed by atoms with Crippen molar-refractivity contribution in [1.82, 2.24) is 29.3 Å². The second-order valence-corrected chi connectivity index (χ2v) is 11.1. The van der Waals surface area contributed by atoms with Gasteiger partial charge in [0.25, 0.3) is 0 Å². The zero-order chi connectivity index (χ0) is 32.1. The summed E-state index contributed by atoms with van der Waals surface area (Å²) in [7, 11) is 4.03. The third-order valence-corrected chi connectivity index (χ3v) is 7.63. The Hall–Kier alpha value is -4.20. The van der Waals surface area contributed by atoms with Crippen molar-refractivity contribution in [3.05, 3.63) is 124 Å². The maximum atomic E-state index is 4.10. The van der Waals surface area contributed by atoms with E-state index in [0.29, 0.717) is 11.6 Å². The first-order valence-corrected chi connectivity index (χ1v) is 14.6. The summed E-state index contributed by atoms with van der Waals surface area (Å²) >= 11 is 0. The average molecular weight is 778 g/mol. The fraction of sp³-hybridized carbons (Fsp3) is 0.306. The van der Waals surface area contributed by atoms with Gasteiger partial charge in [0, 0.05) is 54.9 Å². The second-order valence-electron chi connectivity index (χ2n) is 11.1. The van der Waals surface area contributed by atoms with E-state index in [1.165, 1.54) is 45.0 Å². The van der Waals surface area contributed by atoms with Crippen molar-refractivity contribution in [2.45, 2.75) is 62.3 Å². The van der Waals surface area contributed by atoms with Crippen LogP contribution in [0.25, 0.3) is 22.9 Å². The van der Waals surface area contributed by atoms with Crippen molar-refractivity contribution in [2.75, 3.05) is 0 Å². The van der Waals surface area contributed by atoms with Crippen LogP contribution in [0, 0.1) is 87.1 Å². The fourth-order valence-corrected chi connectivity index (χ4v) is 4.74. The SMILES string of the molecule is Cc1c[c-]c(-n2[c-][n+](C)c(C)c2C)c(C)c1.Cc1c[c-]c(-n2[c-][n+](C)c(C)c2C)c(C)c1.Cc1n[n-]c(-c2ccccn2)n1.[Ir]. The van der Waals surface area contributed by atoms with Gasteiger partial charge in [0.15, 0.2) is 0 Å².